The number of thiazole rings is 1. The van der Waals surface area contributed by atoms with Crippen molar-refractivity contribution < 1.29 is 13.2 Å². The largest absolute Gasteiger partial charge is 0.390 e. The highest BCUT2D eigenvalue weighted by atomic mass is 32.1. The van der Waals surface area contributed by atoms with Crippen LogP contribution in [0.4, 0.5) is 13.2 Å². The summed E-state index contributed by atoms with van der Waals surface area (Å²) in [4.78, 5) is 8.86. The molecular weight excluding hydrogens is 361 g/mol. The van der Waals surface area contributed by atoms with Crippen LogP contribution in [0.25, 0.3) is 0 Å². The molecule has 0 aliphatic carbocycles. The van der Waals surface area contributed by atoms with E-state index < -0.39 is 12.6 Å². The van der Waals surface area contributed by atoms with Gasteiger partial charge in [-0.15, -0.1) is 11.3 Å². The Bertz CT molecular complexity index is 683. The van der Waals surface area contributed by atoms with Gasteiger partial charge in [-0.1, -0.05) is 30.3 Å². The number of aliphatic imine (C=N–C) groups is 1. The van der Waals surface area contributed by atoms with E-state index in [0.29, 0.717) is 19.0 Å². The Morgan fingerprint density at radius 3 is 2.62 bits per heavy atom. The zero-order valence-electron chi connectivity index (χ0n) is 14.6. The van der Waals surface area contributed by atoms with Gasteiger partial charge in [0.25, 0.3) is 0 Å². The second-order valence-electron chi connectivity index (χ2n) is 5.71. The van der Waals surface area contributed by atoms with Gasteiger partial charge in [0, 0.05) is 24.9 Å². The first-order valence-electron chi connectivity index (χ1n) is 8.52. The molecule has 0 saturated heterocycles. The molecule has 0 radical (unpaired) electrons. The summed E-state index contributed by atoms with van der Waals surface area (Å²) >= 11 is 1.59. The molecule has 0 bridgehead atoms. The summed E-state index contributed by atoms with van der Waals surface area (Å²) in [6.07, 6.45) is -3.27. The maximum Gasteiger partial charge on any atom is 0.390 e. The molecule has 0 spiro atoms. The average Bonchev–Trinajstić information content (AvgIpc) is 3.06. The highest BCUT2D eigenvalue weighted by Crippen LogP contribution is 2.18. The number of alkyl halides is 3. The first-order valence-corrected chi connectivity index (χ1v) is 9.40. The van der Waals surface area contributed by atoms with Crippen LogP contribution in [0.3, 0.4) is 0 Å². The number of aryl methyl sites for hydroxylation is 2. The van der Waals surface area contributed by atoms with Crippen LogP contribution in [0.2, 0.25) is 0 Å². The third-order valence-electron chi connectivity index (χ3n) is 3.51. The normalized spacial score (nSPS) is 12.2. The summed E-state index contributed by atoms with van der Waals surface area (Å²) in [6.45, 7) is 2.58. The van der Waals surface area contributed by atoms with Gasteiger partial charge in [-0.3, -0.25) is 0 Å². The van der Waals surface area contributed by atoms with Crippen molar-refractivity contribution in [2.75, 3.05) is 13.1 Å². The predicted molar refractivity (Wildman–Crippen MR) is 99.5 cm³/mol. The monoisotopic (exact) mass is 384 g/mol. The van der Waals surface area contributed by atoms with E-state index >= 15 is 0 Å². The molecule has 4 nitrogen and oxygen atoms in total. The summed E-state index contributed by atoms with van der Waals surface area (Å²) in [5.74, 6) is 0.371. The molecule has 1 aromatic carbocycles. The Kier molecular flexibility index (Phi) is 7.90. The Balaban J connectivity index is 1.83. The van der Waals surface area contributed by atoms with Crippen molar-refractivity contribution in [1.29, 1.82) is 0 Å². The molecule has 8 heteroatoms. The number of hydrogen-bond acceptors (Lipinski definition) is 3. The van der Waals surface area contributed by atoms with Gasteiger partial charge >= 0.3 is 6.18 Å². The molecule has 1 heterocycles. The van der Waals surface area contributed by atoms with E-state index in [-0.39, 0.29) is 6.54 Å². The van der Waals surface area contributed by atoms with Crippen molar-refractivity contribution in [2.24, 2.45) is 4.99 Å². The zero-order valence-corrected chi connectivity index (χ0v) is 15.5. The maximum atomic E-state index is 12.2. The lowest BCUT2D eigenvalue weighted by molar-refractivity contribution is -0.132. The first kappa shape index (κ1) is 20.2. The third-order valence-corrected chi connectivity index (χ3v) is 4.47. The van der Waals surface area contributed by atoms with Crippen LogP contribution in [-0.2, 0) is 19.4 Å². The van der Waals surface area contributed by atoms with Crippen molar-refractivity contribution in [3.8, 4) is 0 Å². The van der Waals surface area contributed by atoms with Crippen LogP contribution in [-0.4, -0.2) is 30.2 Å². The summed E-state index contributed by atoms with van der Waals surface area (Å²) in [7, 11) is 0. The van der Waals surface area contributed by atoms with E-state index in [4.69, 9.17) is 0 Å². The van der Waals surface area contributed by atoms with E-state index in [9.17, 15) is 13.2 Å². The van der Waals surface area contributed by atoms with E-state index in [2.05, 4.69) is 32.7 Å². The van der Waals surface area contributed by atoms with Gasteiger partial charge < -0.3 is 10.6 Å². The quantitative estimate of drug-likeness (QED) is 0.535. The van der Waals surface area contributed by atoms with Crippen molar-refractivity contribution >= 4 is 17.3 Å². The van der Waals surface area contributed by atoms with Gasteiger partial charge in [0.2, 0.25) is 0 Å². The summed E-state index contributed by atoms with van der Waals surface area (Å²) < 4.78 is 36.7. The van der Waals surface area contributed by atoms with Crippen LogP contribution in [0, 0.1) is 0 Å². The average molecular weight is 384 g/mol. The van der Waals surface area contributed by atoms with E-state index in [0.717, 1.165) is 23.5 Å². The van der Waals surface area contributed by atoms with E-state index in [1.165, 1.54) is 5.56 Å². The molecule has 2 N–H and O–H groups in total. The Morgan fingerprint density at radius 2 is 1.92 bits per heavy atom. The molecule has 2 aromatic rings. The zero-order chi connectivity index (χ0) is 18.8. The lowest BCUT2D eigenvalue weighted by Gasteiger charge is -2.12. The van der Waals surface area contributed by atoms with Crippen molar-refractivity contribution in [3.63, 3.8) is 0 Å². The van der Waals surface area contributed by atoms with Crippen LogP contribution in [0.15, 0.2) is 40.7 Å². The molecule has 142 valence electrons. The predicted octanol–water partition coefficient (Wildman–Crippen LogP) is 3.94. The van der Waals surface area contributed by atoms with Gasteiger partial charge in [-0.05, 0) is 18.9 Å². The highest BCUT2D eigenvalue weighted by molar-refractivity contribution is 7.09. The molecule has 0 aliphatic rings. The maximum absolute atomic E-state index is 12.2. The first-order chi connectivity index (χ1) is 12.5. The van der Waals surface area contributed by atoms with Crippen LogP contribution in [0.1, 0.15) is 29.6 Å². The molecule has 2 rings (SSSR count). The third kappa shape index (κ3) is 7.86. The number of benzene rings is 1. The van der Waals surface area contributed by atoms with Gasteiger partial charge in [0.15, 0.2) is 5.96 Å². The summed E-state index contributed by atoms with van der Waals surface area (Å²) in [6, 6.07) is 10.2. The number of aromatic nitrogens is 1. The molecule has 0 aliphatic heterocycles. The molecule has 0 unspecified atom stereocenters. The topological polar surface area (TPSA) is 49.3 Å². The fourth-order valence-corrected chi connectivity index (χ4v) is 3.05. The van der Waals surface area contributed by atoms with Crippen molar-refractivity contribution in [2.45, 2.75) is 38.9 Å². The van der Waals surface area contributed by atoms with Gasteiger partial charge in [0.05, 0.1) is 23.7 Å². The molecular formula is C18H23F3N4S. The minimum atomic E-state index is -4.17. The van der Waals surface area contributed by atoms with Gasteiger partial charge in [0.1, 0.15) is 0 Å². The van der Waals surface area contributed by atoms with Crippen LogP contribution in [0.5, 0.6) is 0 Å². The minimum Gasteiger partial charge on any atom is -0.357 e. The molecule has 0 saturated carbocycles. The summed E-state index contributed by atoms with van der Waals surface area (Å²) in [5, 5.41) is 8.62. The molecule has 0 atom stereocenters. The van der Waals surface area contributed by atoms with Gasteiger partial charge in [-0.25, -0.2) is 9.98 Å². The Hall–Kier alpha value is -2.09. The van der Waals surface area contributed by atoms with Crippen LogP contribution < -0.4 is 10.6 Å². The van der Waals surface area contributed by atoms with Crippen molar-refractivity contribution in [1.82, 2.24) is 15.6 Å². The highest BCUT2D eigenvalue weighted by Gasteiger charge is 2.26. The van der Waals surface area contributed by atoms with Crippen molar-refractivity contribution in [3.05, 3.63) is 52.0 Å². The molecule has 0 fully saturated rings. The number of rotatable bonds is 8. The summed E-state index contributed by atoms with van der Waals surface area (Å²) in [5.41, 5.74) is 2.09. The molecule has 26 heavy (non-hydrogen) atoms. The lowest BCUT2D eigenvalue weighted by atomic mass is 10.1. The van der Waals surface area contributed by atoms with E-state index in [1.54, 1.807) is 11.3 Å². The van der Waals surface area contributed by atoms with Crippen LogP contribution >= 0.6 is 11.3 Å². The lowest BCUT2D eigenvalue weighted by Crippen LogP contribution is -2.38. The minimum absolute atomic E-state index is 0.200. The van der Waals surface area contributed by atoms with E-state index in [1.807, 2.05) is 30.5 Å². The SMILES string of the molecule is CCNC(=NCc1csc(CCc2ccccc2)n1)NCCC(F)(F)F. The molecule has 0 amide bonds. The second kappa shape index (κ2) is 10.2. The fraction of sp³-hybridized carbons (Fsp3) is 0.444. The molecule has 1 aromatic heterocycles. The smallest absolute Gasteiger partial charge is 0.357 e. The number of nitrogens with one attached hydrogen (secondary N) is 2. The Morgan fingerprint density at radius 1 is 1.15 bits per heavy atom. The number of hydrogen-bond donors (Lipinski definition) is 2. The number of guanidine groups is 1. The Labute approximate surface area is 155 Å². The fourth-order valence-electron chi connectivity index (χ4n) is 2.26. The number of halogens is 3. The number of nitrogens with zero attached hydrogens (tertiary/aromatic N) is 2. The second-order valence-corrected chi connectivity index (χ2v) is 6.65. The van der Waals surface area contributed by atoms with Gasteiger partial charge in [-0.2, -0.15) is 13.2 Å². The standard InChI is InChI=1S/C18H23F3N4S/c1-2-22-17(23-11-10-18(19,20)21)24-12-15-13-26-16(25-15)9-8-14-6-4-3-5-7-14/h3-7,13H,2,8-12H2,1H3,(H2,22,23,24).